The number of pyridine rings is 1. The lowest BCUT2D eigenvalue weighted by Gasteiger charge is -2.35. The van der Waals surface area contributed by atoms with Gasteiger partial charge in [-0.15, -0.1) is 0 Å². The third-order valence-corrected chi connectivity index (χ3v) is 3.76. The molecule has 6 heteroatoms. The first-order valence-corrected chi connectivity index (χ1v) is 7.30. The second-order valence-corrected chi connectivity index (χ2v) is 5.78. The van der Waals surface area contributed by atoms with Crippen molar-refractivity contribution in [3.8, 4) is 0 Å². The van der Waals surface area contributed by atoms with E-state index in [4.69, 9.17) is 0 Å². The molecular formula is C15H21F2N3O. The highest BCUT2D eigenvalue weighted by Crippen LogP contribution is 2.14. The molecule has 4 nitrogen and oxygen atoms in total. The van der Waals surface area contributed by atoms with Crippen LogP contribution in [0, 0.1) is 17.7 Å². The number of aromatic nitrogens is 1. The van der Waals surface area contributed by atoms with Gasteiger partial charge in [0.1, 0.15) is 0 Å². The standard InChI is InChI=1S/C15H21F2N3O/c1-11(2)4-6-19-7-9-20(10-8-19)15(21)12-3-5-18-14(17)13(12)16/h3,5,11H,4,6-10H2,1-2H3. The maximum atomic E-state index is 13.6. The summed E-state index contributed by atoms with van der Waals surface area (Å²) < 4.78 is 26.7. The molecule has 1 fully saturated rings. The summed E-state index contributed by atoms with van der Waals surface area (Å²) in [4.78, 5) is 19.3. The number of piperazine rings is 1. The van der Waals surface area contributed by atoms with Gasteiger partial charge in [0, 0.05) is 32.4 Å². The van der Waals surface area contributed by atoms with Crippen molar-refractivity contribution in [1.82, 2.24) is 14.8 Å². The molecule has 0 spiro atoms. The van der Waals surface area contributed by atoms with Crippen LogP contribution in [0.2, 0.25) is 0 Å². The fourth-order valence-electron chi connectivity index (χ4n) is 2.37. The molecule has 0 saturated carbocycles. The number of carbonyl (C=O) groups is 1. The van der Waals surface area contributed by atoms with Crippen LogP contribution in [0.4, 0.5) is 8.78 Å². The van der Waals surface area contributed by atoms with E-state index in [9.17, 15) is 13.6 Å². The largest absolute Gasteiger partial charge is 0.336 e. The van der Waals surface area contributed by atoms with Crippen LogP contribution in [0.3, 0.4) is 0 Å². The van der Waals surface area contributed by atoms with Crippen LogP contribution in [0.5, 0.6) is 0 Å². The molecule has 1 aliphatic rings. The van der Waals surface area contributed by atoms with E-state index in [1.807, 2.05) is 0 Å². The minimum Gasteiger partial charge on any atom is -0.336 e. The van der Waals surface area contributed by atoms with E-state index in [0.717, 1.165) is 32.3 Å². The van der Waals surface area contributed by atoms with Crippen molar-refractivity contribution < 1.29 is 13.6 Å². The van der Waals surface area contributed by atoms with Gasteiger partial charge in [0.15, 0.2) is 5.82 Å². The van der Waals surface area contributed by atoms with Crippen LogP contribution in [0.25, 0.3) is 0 Å². The Balaban J connectivity index is 1.93. The van der Waals surface area contributed by atoms with E-state index in [-0.39, 0.29) is 5.56 Å². The highest BCUT2D eigenvalue weighted by molar-refractivity contribution is 5.94. The fraction of sp³-hybridized carbons (Fsp3) is 0.600. The van der Waals surface area contributed by atoms with Crippen molar-refractivity contribution in [1.29, 1.82) is 0 Å². The molecular weight excluding hydrogens is 276 g/mol. The van der Waals surface area contributed by atoms with E-state index in [1.165, 1.54) is 6.07 Å². The summed E-state index contributed by atoms with van der Waals surface area (Å²) in [6.45, 7) is 8.00. The summed E-state index contributed by atoms with van der Waals surface area (Å²) in [7, 11) is 0. The molecule has 0 aliphatic carbocycles. The molecule has 0 radical (unpaired) electrons. The molecule has 2 heterocycles. The predicted octanol–water partition coefficient (Wildman–Crippen LogP) is 2.16. The van der Waals surface area contributed by atoms with Crippen LogP contribution in [0.1, 0.15) is 30.6 Å². The third-order valence-electron chi connectivity index (χ3n) is 3.76. The molecule has 1 aromatic heterocycles. The summed E-state index contributed by atoms with van der Waals surface area (Å²) in [5, 5.41) is 0. The van der Waals surface area contributed by atoms with Gasteiger partial charge in [0.05, 0.1) is 5.56 Å². The Hall–Kier alpha value is -1.56. The van der Waals surface area contributed by atoms with Gasteiger partial charge in [0.25, 0.3) is 5.91 Å². The Morgan fingerprint density at radius 2 is 1.95 bits per heavy atom. The summed E-state index contributed by atoms with van der Waals surface area (Å²) in [5.41, 5.74) is -0.238. The lowest BCUT2D eigenvalue weighted by molar-refractivity contribution is 0.0626. The van der Waals surface area contributed by atoms with Crippen LogP contribution in [-0.2, 0) is 0 Å². The zero-order chi connectivity index (χ0) is 15.4. The SMILES string of the molecule is CC(C)CCN1CCN(C(=O)c2ccnc(F)c2F)CC1. The topological polar surface area (TPSA) is 36.4 Å². The molecule has 2 rings (SSSR count). The van der Waals surface area contributed by atoms with E-state index >= 15 is 0 Å². The quantitative estimate of drug-likeness (QED) is 0.799. The molecule has 116 valence electrons. The summed E-state index contributed by atoms with van der Waals surface area (Å²) in [6, 6.07) is 1.23. The summed E-state index contributed by atoms with van der Waals surface area (Å²) in [5.74, 6) is -2.20. The van der Waals surface area contributed by atoms with Gasteiger partial charge in [-0.05, 0) is 24.9 Å². The Morgan fingerprint density at radius 1 is 1.29 bits per heavy atom. The smallest absolute Gasteiger partial charge is 0.257 e. The molecule has 0 atom stereocenters. The number of halogens is 2. The minimum absolute atomic E-state index is 0.238. The number of hydrogen-bond donors (Lipinski definition) is 0. The second-order valence-electron chi connectivity index (χ2n) is 5.78. The average Bonchev–Trinajstić information content (AvgIpc) is 2.48. The zero-order valence-electron chi connectivity index (χ0n) is 12.5. The Kier molecular flexibility index (Phi) is 5.22. The van der Waals surface area contributed by atoms with Crippen molar-refractivity contribution in [2.75, 3.05) is 32.7 Å². The lowest BCUT2D eigenvalue weighted by Crippen LogP contribution is -2.49. The number of amides is 1. The van der Waals surface area contributed by atoms with E-state index in [2.05, 4.69) is 23.7 Å². The van der Waals surface area contributed by atoms with Gasteiger partial charge >= 0.3 is 0 Å². The highest BCUT2D eigenvalue weighted by atomic mass is 19.2. The molecule has 0 aromatic carbocycles. The maximum absolute atomic E-state index is 13.6. The van der Waals surface area contributed by atoms with Gasteiger partial charge in [-0.1, -0.05) is 13.8 Å². The predicted molar refractivity (Wildman–Crippen MR) is 76.0 cm³/mol. The molecule has 1 saturated heterocycles. The second kappa shape index (κ2) is 6.93. The van der Waals surface area contributed by atoms with Crippen molar-refractivity contribution >= 4 is 5.91 Å². The van der Waals surface area contributed by atoms with Gasteiger partial charge < -0.3 is 4.90 Å². The van der Waals surface area contributed by atoms with Crippen LogP contribution < -0.4 is 0 Å². The maximum Gasteiger partial charge on any atom is 0.257 e. The van der Waals surface area contributed by atoms with Crippen molar-refractivity contribution in [2.24, 2.45) is 5.92 Å². The van der Waals surface area contributed by atoms with Gasteiger partial charge in [-0.2, -0.15) is 4.39 Å². The van der Waals surface area contributed by atoms with Crippen LogP contribution in [-0.4, -0.2) is 53.4 Å². The van der Waals surface area contributed by atoms with Crippen LogP contribution >= 0.6 is 0 Å². The molecule has 1 aliphatic heterocycles. The number of nitrogens with zero attached hydrogens (tertiary/aromatic N) is 3. The van der Waals surface area contributed by atoms with E-state index < -0.39 is 17.7 Å². The molecule has 1 aromatic rings. The molecule has 1 amide bonds. The monoisotopic (exact) mass is 297 g/mol. The normalized spacial score (nSPS) is 16.5. The van der Waals surface area contributed by atoms with Gasteiger partial charge in [-0.25, -0.2) is 9.37 Å². The fourth-order valence-corrected chi connectivity index (χ4v) is 2.37. The molecule has 21 heavy (non-hydrogen) atoms. The molecule has 0 bridgehead atoms. The van der Waals surface area contributed by atoms with E-state index in [1.54, 1.807) is 4.90 Å². The Morgan fingerprint density at radius 3 is 2.57 bits per heavy atom. The average molecular weight is 297 g/mol. The number of rotatable bonds is 4. The van der Waals surface area contributed by atoms with Crippen LogP contribution in [0.15, 0.2) is 12.3 Å². The highest BCUT2D eigenvalue weighted by Gasteiger charge is 2.25. The van der Waals surface area contributed by atoms with Gasteiger partial charge in [0.2, 0.25) is 5.95 Å². The third kappa shape index (κ3) is 3.97. The first-order valence-electron chi connectivity index (χ1n) is 7.30. The van der Waals surface area contributed by atoms with E-state index in [0.29, 0.717) is 19.0 Å². The summed E-state index contributed by atoms with van der Waals surface area (Å²) >= 11 is 0. The molecule has 0 unspecified atom stereocenters. The minimum atomic E-state index is -1.23. The first kappa shape index (κ1) is 15.8. The van der Waals surface area contributed by atoms with Crippen molar-refractivity contribution in [3.05, 3.63) is 29.6 Å². The van der Waals surface area contributed by atoms with Crippen molar-refractivity contribution in [3.63, 3.8) is 0 Å². The summed E-state index contributed by atoms with van der Waals surface area (Å²) in [6.07, 6.45) is 2.24. The van der Waals surface area contributed by atoms with Gasteiger partial charge in [-0.3, -0.25) is 9.69 Å². The van der Waals surface area contributed by atoms with Crippen molar-refractivity contribution in [2.45, 2.75) is 20.3 Å². The molecule has 0 N–H and O–H groups in total. The first-order chi connectivity index (χ1) is 9.99. The zero-order valence-corrected chi connectivity index (χ0v) is 12.5. The lowest BCUT2D eigenvalue weighted by atomic mass is 10.1. The number of hydrogen-bond acceptors (Lipinski definition) is 3. The Bertz CT molecular complexity index is 500. The Labute approximate surface area is 123 Å². The number of carbonyl (C=O) groups excluding carboxylic acids is 1.